The van der Waals surface area contributed by atoms with E-state index in [1.165, 1.54) is 25.7 Å². The first-order chi connectivity index (χ1) is 10.2. The Morgan fingerprint density at radius 3 is 2.38 bits per heavy atom. The largest absolute Gasteiger partial charge is 0.305 e. The summed E-state index contributed by atoms with van der Waals surface area (Å²) in [5.74, 6) is 1.54. The molecule has 1 aliphatic heterocycles. The van der Waals surface area contributed by atoms with Gasteiger partial charge < -0.3 is 5.32 Å². The number of imide groups is 1. The lowest BCUT2D eigenvalue weighted by atomic mass is 10.1. The van der Waals surface area contributed by atoms with Crippen LogP contribution in [0.1, 0.15) is 64.7 Å². The van der Waals surface area contributed by atoms with Crippen LogP contribution in [0.25, 0.3) is 0 Å². The minimum absolute atomic E-state index is 0.0369. The molecule has 3 aliphatic rings. The van der Waals surface area contributed by atoms with E-state index in [-0.39, 0.29) is 23.9 Å². The highest BCUT2D eigenvalue weighted by molar-refractivity contribution is 6.05. The Morgan fingerprint density at radius 2 is 1.76 bits per heavy atom. The van der Waals surface area contributed by atoms with Gasteiger partial charge in [0, 0.05) is 6.04 Å². The molecule has 118 valence electrons. The molecule has 4 heteroatoms. The molecule has 3 fully saturated rings. The predicted molar refractivity (Wildman–Crippen MR) is 81.6 cm³/mol. The minimum Gasteiger partial charge on any atom is -0.305 e. The number of carbonyl (C=O) groups excluding carboxylic acids is 2. The van der Waals surface area contributed by atoms with Crippen LogP contribution < -0.4 is 5.32 Å². The summed E-state index contributed by atoms with van der Waals surface area (Å²) in [6.07, 6.45) is 9.82. The van der Waals surface area contributed by atoms with Gasteiger partial charge in [-0.3, -0.25) is 14.5 Å². The van der Waals surface area contributed by atoms with Crippen molar-refractivity contribution in [2.75, 3.05) is 6.54 Å². The van der Waals surface area contributed by atoms with Crippen LogP contribution >= 0.6 is 0 Å². The number of rotatable bonds is 5. The molecular formula is C17H28N2O2. The molecule has 0 radical (unpaired) electrons. The molecule has 4 nitrogen and oxygen atoms in total. The van der Waals surface area contributed by atoms with Crippen LogP contribution in [0.15, 0.2) is 0 Å². The minimum atomic E-state index is -0.262. The monoisotopic (exact) mass is 292 g/mol. The molecule has 21 heavy (non-hydrogen) atoms. The van der Waals surface area contributed by atoms with Gasteiger partial charge in [0.25, 0.3) is 0 Å². The van der Waals surface area contributed by atoms with Gasteiger partial charge in [-0.15, -0.1) is 0 Å². The zero-order valence-electron chi connectivity index (χ0n) is 13.1. The quantitative estimate of drug-likeness (QED) is 0.625. The Balaban J connectivity index is 1.55. The summed E-state index contributed by atoms with van der Waals surface area (Å²) in [5.41, 5.74) is 0. The van der Waals surface area contributed by atoms with Crippen molar-refractivity contribution in [2.24, 2.45) is 11.8 Å². The molecule has 2 saturated carbocycles. The first-order valence-corrected chi connectivity index (χ1v) is 8.76. The Kier molecular flexibility index (Phi) is 4.63. The van der Waals surface area contributed by atoms with Crippen LogP contribution in [0.5, 0.6) is 0 Å². The SMILES string of the molecule is CC(CNC1CC(=O)N(C2CCCCCC2)C1=O)C1CC1. The Bertz CT molecular complexity index is 398. The van der Waals surface area contributed by atoms with Crippen LogP contribution in [-0.2, 0) is 9.59 Å². The average Bonchev–Trinajstić information content (AvgIpc) is 3.27. The van der Waals surface area contributed by atoms with Crippen molar-refractivity contribution in [3.8, 4) is 0 Å². The van der Waals surface area contributed by atoms with E-state index >= 15 is 0 Å². The first kappa shape index (κ1) is 15.0. The maximum absolute atomic E-state index is 12.6. The van der Waals surface area contributed by atoms with Gasteiger partial charge in [-0.25, -0.2) is 0 Å². The van der Waals surface area contributed by atoms with Crippen molar-refractivity contribution in [1.29, 1.82) is 0 Å². The van der Waals surface area contributed by atoms with Gasteiger partial charge in [-0.1, -0.05) is 32.6 Å². The van der Waals surface area contributed by atoms with Crippen molar-refractivity contribution in [3.63, 3.8) is 0 Å². The summed E-state index contributed by atoms with van der Waals surface area (Å²) in [4.78, 5) is 26.4. The van der Waals surface area contributed by atoms with Crippen molar-refractivity contribution >= 4 is 11.8 Å². The first-order valence-electron chi connectivity index (χ1n) is 8.76. The number of hydrogen-bond donors (Lipinski definition) is 1. The summed E-state index contributed by atoms with van der Waals surface area (Å²) < 4.78 is 0. The van der Waals surface area contributed by atoms with Gasteiger partial charge in [0.1, 0.15) is 0 Å². The van der Waals surface area contributed by atoms with E-state index in [1.54, 1.807) is 4.90 Å². The molecule has 1 heterocycles. The molecule has 2 atom stereocenters. The zero-order valence-corrected chi connectivity index (χ0v) is 13.1. The smallest absolute Gasteiger partial charge is 0.247 e. The van der Waals surface area contributed by atoms with Crippen LogP contribution in [0, 0.1) is 11.8 Å². The van der Waals surface area contributed by atoms with Gasteiger partial charge in [0.15, 0.2) is 0 Å². The number of nitrogens with one attached hydrogen (secondary N) is 1. The van der Waals surface area contributed by atoms with E-state index < -0.39 is 0 Å². The number of hydrogen-bond acceptors (Lipinski definition) is 3. The van der Waals surface area contributed by atoms with Gasteiger partial charge in [0.05, 0.1) is 12.5 Å². The summed E-state index contributed by atoms with van der Waals surface area (Å²) in [7, 11) is 0. The van der Waals surface area contributed by atoms with Crippen LogP contribution in [0.2, 0.25) is 0 Å². The molecule has 1 N–H and O–H groups in total. The summed E-state index contributed by atoms with van der Waals surface area (Å²) in [5, 5.41) is 3.36. The van der Waals surface area contributed by atoms with E-state index in [9.17, 15) is 9.59 Å². The second-order valence-corrected chi connectivity index (χ2v) is 7.23. The Labute approximate surface area is 127 Å². The molecular weight excluding hydrogens is 264 g/mol. The fraction of sp³-hybridized carbons (Fsp3) is 0.882. The normalized spacial score (nSPS) is 29.8. The molecule has 0 aromatic rings. The lowest BCUT2D eigenvalue weighted by molar-refractivity contribution is -0.141. The van der Waals surface area contributed by atoms with E-state index in [0.717, 1.165) is 38.1 Å². The second-order valence-electron chi connectivity index (χ2n) is 7.23. The van der Waals surface area contributed by atoms with Crippen molar-refractivity contribution in [1.82, 2.24) is 10.2 Å². The fourth-order valence-corrected chi connectivity index (χ4v) is 3.87. The number of nitrogens with zero attached hydrogens (tertiary/aromatic N) is 1. The lowest BCUT2D eigenvalue weighted by Gasteiger charge is -2.25. The van der Waals surface area contributed by atoms with Crippen LogP contribution in [-0.4, -0.2) is 35.3 Å². The average molecular weight is 292 g/mol. The lowest BCUT2D eigenvalue weighted by Crippen LogP contribution is -2.44. The van der Waals surface area contributed by atoms with Crippen molar-refractivity contribution in [3.05, 3.63) is 0 Å². The molecule has 2 aliphatic carbocycles. The second kappa shape index (κ2) is 6.47. The van der Waals surface area contributed by atoms with E-state index in [2.05, 4.69) is 12.2 Å². The third kappa shape index (κ3) is 3.47. The molecule has 1 saturated heterocycles. The molecule has 2 unspecified atom stereocenters. The van der Waals surface area contributed by atoms with Crippen LogP contribution in [0.3, 0.4) is 0 Å². The van der Waals surface area contributed by atoms with Gasteiger partial charge in [0.2, 0.25) is 11.8 Å². The maximum Gasteiger partial charge on any atom is 0.247 e. The predicted octanol–water partition coefficient (Wildman–Crippen LogP) is 2.47. The fourth-order valence-electron chi connectivity index (χ4n) is 3.87. The highest BCUT2D eigenvalue weighted by atomic mass is 16.2. The van der Waals surface area contributed by atoms with Gasteiger partial charge in [-0.2, -0.15) is 0 Å². The van der Waals surface area contributed by atoms with E-state index in [0.29, 0.717) is 12.3 Å². The number of carbonyl (C=O) groups is 2. The Hall–Kier alpha value is -0.900. The zero-order chi connectivity index (χ0) is 14.8. The molecule has 2 amide bonds. The summed E-state index contributed by atoms with van der Waals surface area (Å²) in [6.45, 7) is 3.11. The van der Waals surface area contributed by atoms with Gasteiger partial charge in [-0.05, 0) is 44.1 Å². The maximum atomic E-state index is 12.6. The van der Waals surface area contributed by atoms with Gasteiger partial charge >= 0.3 is 0 Å². The Morgan fingerprint density at radius 1 is 1.10 bits per heavy atom. The highest BCUT2D eigenvalue weighted by Gasteiger charge is 2.42. The molecule has 0 bridgehead atoms. The molecule has 0 aromatic heterocycles. The van der Waals surface area contributed by atoms with Crippen LogP contribution in [0.4, 0.5) is 0 Å². The summed E-state index contributed by atoms with van der Waals surface area (Å²) in [6, 6.07) is -0.0953. The standard InChI is InChI=1S/C17H28N2O2/c1-12(13-8-9-13)11-18-15-10-16(20)19(17(15)21)14-6-4-2-3-5-7-14/h12-15,18H,2-11H2,1H3. The number of likely N-dealkylation sites (tertiary alicyclic amines) is 1. The third-order valence-corrected chi connectivity index (χ3v) is 5.49. The topological polar surface area (TPSA) is 49.4 Å². The highest BCUT2D eigenvalue weighted by Crippen LogP contribution is 2.36. The van der Waals surface area contributed by atoms with Crippen molar-refractivity contribution in [2.45, 2.75) is 76.8 Å². The summed E-state index contributed by atoms with van der Waals surface area (Å²) >= 11 is 0. The van der Waals surface area contributed by atoms with E-state index in [4.69, 9.17) is 0 Å². The molecule has 0 spiro atoms. The van der Waals surface area contributed by atoms with Crippen molar-refractivity contribution < 1.29 is 9.59 Å². The third-order valence-electron chi connectivity index (χ3n) is 5.49. The van der Waals surface area contributed by atoms with E-state index in [1.807, 2.05) is 0 Å². The molecule has 0 aromatic carbocycles. The number of amides is 2. The molecule has 3 rings (SSSR count).